The number of likely N-dealkylation sites (tertiary alicyclic amines) is 1. The summed E-state index contributed by atoms with van der Waals surface area (Å²) in [5, 5.41) is 3.30. The van der Waals surface area contributed by atoms with Crippen molar-refractivity contribution in [1.82, 2.24) is 10.2 Å². The molecule has 0 radical (unpaired) electrons. The lowest BCUT2D eigenvalue weighted by Gasteiger charge is -2.31. The van der Waals surface area contributed by atoms with Gasteiger partial charge in [0, 0.05) is 42.9 Å². The van der Waals surface area contributed by atoms with E-state index in [-0.39, 0.29) is 16.9 Å². The summed E-state index contributed by atoms with van der Waals surface area (Å²) in [5.41, 5.74) is 0.0582. The number of carbonyl (C=O) groups is 1. The van der Waals surface area contributed by atoms with Crippen LogP contribution < -0.4 is 5.32 Å². The van der Waals surface area contributed by atoms with Gasteiger partial charge in [0.25, 0.3) is 0 Å². The lowest BCUT2D eigenvalue weighted by atomic mass is 9.73. The summed E-state index contributed by atoms with van der Waals surface area (Å²) < 4.78 is 6.61. The lowest BCUT2D eigenvalue weighted by Crippen LogP contribution is -2.43. The summed E-state index contributed by atoms with van der Waals surface area (Å²) in [6, 6.07) is 0.776. The molecular weight excluding hydrogens is 324 g/mol. The van der Waals surface area contributed by atoms with Crippen molar-refractivity contribution in [1.29, 1.82) is 0 Å². The van der Waals surface area contributed by atoms with Crippen molar-refractivity contribution in [2.45, 2.75) is 95.3 Å². The second-order valence-corrected chi connectivity index (χ2v) is 10.2. The zero-order chi connectivity index (χ0) is 17.8. The predicted octanol–water partition coefficient (Wildman–Crippen LogP) is 3.50. The largest absolute Gasteiger partial charge is 0.370 e. The Morgan fingerprint density at radius 1 is 1.08 bits per heavy atom. The molecule has 3 saturated heterocycles. The van der Waals surface area contributed by atoms with Crippen molar-refractivity contribution < 1.29 is 9.53 Å². The molecule has 3 heterocycles. The second kappa shape index (κ2) is 6.48. The van der Waals surface area contributed by atoms with E-state index in [1.165, 1.54) is 64.3 Å². The summed E-state index contributed by atoms with van der Waals surface area (Å²) >= 11 is 0. The van der Waals surface area contributed by atoms with Gasteiger partial charge in [0.15, 0.2) is 0 Å². The van der Waals surface area contributed by atoms with E-state index in [1.807, 2.05) is 0 Å². The topological polar surface area (TPSA) is 41.6 Å². The van der Waals surface area contributed by atoms with Crippen molar-refractivity contribution in [2.75, 3.05) is 19.6 Å². The zero-order valence-corrected chi connectivity index (χ0v) is 16.5. The molecule has 5 fully saturated rings. The fourth-order valence-electron chi connectivity index (χ4n) is 6.42. The molecule has 26 heavy (non-hydrogen) atoms. The minimum atomic E-state index is -0.0588. The van der Waals surface area contributed by atoms with Gasteiger partial charge < -0.3 is 10.1 Å². The Kier molecular flexibility index (Phi) is 4.36. The molecule has 2 saturated carbocycles. The van der Waals surface area contributed by atoms with E-state index < -0.39 is 0 Å². The Bertz CT molecular complexity index is 552. The average molecular weight is 361 g/mol. The van der Waals surface area contributed by atoms with Gasteiger partial charge in [-0.05, 0) is 38.5 Å². The van der Waals surface area contributed by atoms with Crippen molar-refractivity contribution in [3.8, 4) is 0 Å². The van der Waals surface area contributed by atoms with Crippen LogP contribution >= 0.6 is 0 Å². The number of nitrogens with one attached hydrogen (secondary N) is 1. The Labute approximate surface area is 158 Å². The highest BCUT2D eigenvalue weighted by molar-refractivity contribution is 5.84. The van der Waals surface area contributed by atoms with Crippen LogP contribution in [0.5, 0.6) is 0 Å². The van der Waals surface area contributed by atoms with E-state index in [0.29, 0.717) is 17.9 Å². The molecule has 2 bridgehead atoms. The van der Waals surface area contributed by atoms with Crippen LogP contribution in [0.4, 0.5) is 0 Å². The van der Waals surface area contributed by atoms with Crippen LogP contribution in [0.25, 0.3) is 0 Å². The lowest BCUT2D eigenvalue weighted by molar-refractivity contribution is -0.126. The molecule has 2 aliphatic carbocycles. The number of hydrogen-bond acceptors (Lipinski definition) is 3. The van der Waals surface area contributed by atoms with E-state index in [9.17, 15) is 4.79 Å². The SMILES string of the molecule is CC1(C(=O)NC[C@H]2[C@H]3CN(C4CCCCCCC4)C[C@]34CC[C@H]2O4)CC1. The van der Waals surface area contributed by atoms with E-state index in [4.69, 9.17) is 4.74 Å². The van der Waals surface area contributed by atoms with Crippen LogP contribution in [0.2, 0.25) is 0 Å². The quantitative estimate of drug-likeness (QED) is 0.834. The van der Waals surface area contributed by atoms with E-state index >= 15 is 0 Å². The molecule has 4 atom stereocenters. The summed E-state index contributed by atoms with van der Waals surface area (Å²) in [7, 11) is 0. The van der Waals surface area contributed by atoms with Crippen LogP contribution in [0.15, 0.2) is 0 Å². The summed E-state index contributed by atoms with van der Waals surface area (Å²) in [6.07, 6.45) is 14.8. The molecule has 0 aromatic carbocycles. The van der Waals surface area contributed by atoms with Crippen LogP contribution in [0.1, 0.15) is 77.6 Å². The van der Waals surface area contributed by atoms with Gasteiger partial charge in [-0.3, -0.25) is 9.69 Å². The fraction of sp³-hybridized carbons (Fsp3) is 0.955. The Hall–Kier alpha value is -0.610. The highest BCUT2D eigenvalue weighted by Crippen LogP contribution is 2.55. The van der Waals surface area contributed by atoms with E-state index in [1.54, 1.807) is 0 Å². The normalized spacial score (nSPS) is 42.3. The molecule has 0 unspecified atom stereocenters. The fourth-order valence-corrected chi connectivity index (χ4v) is 6.42. The molecular formula is C22H36N2O2. The number of nitrogens with zero attached hydrogens (tertiary/aromatic N) is 1. The molecule has 5 aliphatic rings. The highest BCUT2D eigenvalue weighted by atomic mass is 16.5. The number of carbonyl (C=O) groups excluding carboxylic acids is 1. The standard InChI is InChI=1S/C22H36N2O2/c1-21(11-12-21)20(25)23-13-17-18-14-24(15-22(18)10-9-19(17)26-22)16-7-5-3-2-4-6-8-16/h16-19H,2-15H2,1H3,(H,23,25)/t17-,18+,19+,22+/m0/s1. The second-order valence-electron chi connectivity index (χ2n) is 10.2. The first-order valence-corrected chi connectivity index (χ1v) is 11.3. The van der Waals surface area contributed by atoms with Gasteiger partial charge in [0.05, 0.1) is 11.7 Å². The van der Waals surface area contributed by atoms with Crippen LogP contribution in [0.3, 0.4) is 0 Å². The minimum absolute atomic E-state index is 0.0588. The minimum Gasteiger partial charge on any atom is -0.370 e. The molecule has 0 aromatic heterocycles. The van der Waals surface area contributed by atoms with Crippen molar-refractivity contribution in [3.05, 3.63) is 0 Å². The molecule has 4 nitrogen and oxygen atoms in total. The number of ether oxygens (including phenoxy) is 1. The van der Waals surface area contributed by atoms with Crippen LogP contribution in [-0.4, -0.2) is 48.2 Å². The Balaban J connectivity index is 1.24. The first kappa shape index (κ1) is 17.5. The van der Waals surface area contributed by atoms with Gasteiger partial charge in [-0.15, -0.1) is 0 Å². The van der Waals surface area contributed by atoms with Gasteiger partial charge in [0.2, 0.25) is 5.91 Å². The van der Waals surface area contributed by atoms with Crippen molar-refractivity contribution in [2.24, 2.45) is 17.3 Å². The van der Waals surface area contributed by atoms with Crippen LogP contribution in [0, 0.1) is 17.3 Å². The molecule has 1 amide bonds. The molecule has 0 aromatic rings. The first-order chi connectivity index (χ1) is 12.6. The Morgan fingerprint density at radius 3 is 2.54 bits per heavy atom. The molecule has 146 valence electrons. The van der Waals surface area contributed by atoms with Gasteiger partial charge in [0.1, 0.15) is 0 Å². The highest BCUT2D eigenvalue weighted by Gasteiger charge is 2.63. The van der Waals surface area contributed by atoms with Crippen molar-refractivity contribution in [3.63, 3.8) is 0 Å². The number of rotatable bonds is 4. The molecule has 3 aliphatic heterocycles. The third-order valence-electron chi connectivity index (χ3n) is 8.45. The monoisotopic (exact) mass is 360 g/mol. The van der Waals surface area contributed by atoms with Gasteiger partial charge in [-0.1, -0.05) is 39.0 Å². The number of hydrogen-bond donors (Lipinski definition) is 1. The summed E-state index contributed by atoms with van der Waals surface area (Å²) in [5.74, 6) is 1.46. The van der Waals surface area contributed by atoms with Crippen molar-refractivity contribution >= 4 is 5.91 Å². The maximum absolute atomic E-state index is 12.4. The number of fused-ring (bicyclic) bond motifs is 1. The molecule has 1 spiro atoms. The van der Waals surface area contributed by atoms with E-state index in [2.05, 4.69) is 17.1 Å². The third kappa shape index (κ3) is 2.92. The molecule has 1 N–H and O–H groups in total. The maximum atomic E-state index is 12.4. The van der Waals surface area contributed by atoms with Crippen LogP contribution in [-0.2, 0) is 9.53 Å². The van der Waals surface area contributed by atoms with Gasteiger partial charge in [-0.25, -0.2) is 0 Å². The zero-order valence-electron chi connectivity index (χ0n) is 16.5. The maximum Gasteiger partial charge on any atom is 0.225 e. The number of amides is 1. The Morgan fingerprint density at radius 2 is 1.81 bits per heavy atom. The smallest absolute Gasteiger partial charge is 0.225 e. The summed E-state index contributed by atoms with van der Waals surface area (Å²) in [6.45, 7) is 5.30. The third-order valence-corrected chi connectivity index (χ3v) is 8.45. The molecule has 5 rings (SSSR count). The average Bonchev–Trinajstić information content (AvgIpc) is 2.98. The summed E-state index contributed by atoms with van der Waals surface area (Å²) in [4.78, 5) is 15.2. The first-order valence-electron chi connectivity index (χ1n) is 11.3. The van der Waals surface area contributed by atoms with E-state index in [0.717, 1.165) is 32.0 Å². The molecule has 4 heteroatoms. The van der Waals surface area contributed by atoms with Gasteiger partial charge >= 0.3 is 0 Å². The van der Waals surface area contributed by atoms with Gasteiger partial charge in [-0.2, -0.15) is 0 Å². The predicted molar refractivity (Wildman–Crippen MR) is 102 cm³/mol.